The number of aliphatic hydroxyl groups is 1. The minimum atomic E-state index is -1.07. The Morgan fingerprint density at radius 2 is 1.55 bits per heavy atom. The normalized spacial score (nSPS) is 13.9. The first-order valence-corrected chi connectivity index (χ1v) is 6.81. The lowest BCUT2D eigenvalue weighted by Gasteiger charge is -2.28. The van der Waals surface area contributed by atoms with E-state index in [-0.39, 0.29) is 0 Å². The van der Waals surface area contributed by atoms with E-state index in [1.165, 1.54) is 5.56 Å². The Morgan fingerprint density at radius 1 is 0.950 bits per heavy atom. The minimum Gasteiger partial charge on any atom is -0.496 e. The van der Waals surface area contributed by atoms with E-state index in [2.05, 4.69) is 6.07 Å². The summed E-state index contributed by atoms with van der Waals surface area (Å²) in [5.74, 6) is 0.730. The molecule has 0 aliphatic carbocycles. The van der Waals surface area contributed by atoms with Gasteiger partial charge in [0.15, 0.2) is 0 Å². The van der Waals surface area contributed by atoms with Gasteiger partial charge < -0.3 is 9.84 Å². The van der Waals surface area contributed by atoms with Crippen LogP contribution in [0.4, 0.5) is 0 Å². The quantitative estimate of drug-likeness (QED) is 0.917. The van der Waals surface area contributed by atoms with E-state index in [4.69, 9.17) is 4.74 Å². The van der Waals surface area contributed by atoms with Crippen molar-refractivity contribution in [1.29, 1.82) is 0 Å². The summed E-state index contributed by atoms with van der Waals surface area (Å²) in [7, 11) is 1.64. The van der Waals surface area contributed by atoms with Gasteiger partial charge in [0.1, 0.15) is 11.4 Å². The largest absolute Gasteiger partial charge is 0.496 e. The molecule has 2 aromatic rings. The van der Waals surface area contributed by atoms with Crippen LogP contribution in [0, 0.1) is 20.8 Å². The topological polar surface area (TPSA) is 29.5 Å². The Bertz CT molecular complexity index is 610. The summed E-state index contributed by atoms with van der Waals surface area (Å²) in [5.41, 5.74) is 3.96. The summed E-state index contributed by atoms with van der Waals surface area (Å²) in [5, 5.41) is 11.1. The second-order valence-corrected chi connectivity index (χ2v) is 5.60. The third-order valence-electron chi connectivity index (χ3n) is 3.76. The fourth-order valence-corrected chi connectivity index (χ4v) is 2.74. The third-order valence-corrected chi connectivity index (χ3v) is 3.76. The summed E-state index contributed by atoms with van der Waals surface area (Å²) in [6, 6.07) is 12.0. The van der Waals surface area contributed by atoms with Crippen molar-refractivity contribution in [2.24, 2.45) is 0 Å². The van der Waals surface area contributed by atoms with Crippen molar-refractivity contribution in [2.75, 3.05) is 7.11 Å². The fourth-order valence-electron chi connectivity index (χ4n) is 2.74. The highest BCUT2D eigenvalue weighted by atomic mass is 16.5. The number of benzene rings is 2. The summed E-state index contributed by atoms with van der Waals surface area (Å²) >= 11 is 0. The van der Waals surface area contributed by atoms with Gasteiger partial charge in [-0.3, -0.25) is 0 Å². The van der Waals surface area contributed by atoms with Crippen molar-refractivity contribution in [3.63, 3.8) is 0 Å². The van der Waals surface area contributed by atoms with Gasteiger partial charge in [0.25, 0.3) is 0 Å². The van der Waals surface area contributed by atoms with Gasteiger partial charge in [0.05, 0.1) is 7.11 Å². The maximum Gasteiger partial charge on any atom is 0.125 e. The highest BCUT2D eigenvalue weighted by Gasteiger charge is 2.30. The molecule has 0 heterocycles. The number of aryl methyl sites for hydroxylation is 3. The molecule has 2 aromatic carbocycles. The van der Waals surface area contributed by atoms with Gasteiger partial charge in [-0.05, 0) is 50.5 Å². The number of hydrogen-bond acceptors (Lipinski definition) is 2. The first-order chi connectivity index (χ1) is 9.36. The van der Waals surface area contributed by atoms with Crippen molar-refractivity contribution in [1.82, 2.24) is 0 Å². The van der Waals surface area contributed by atoms with E-state index in [1.54, 1.807) is 7.11 Å². The van der Waals surface area contributed by atoms with Crippen LogP contribution in [0.15, 0.2) is 36.4 Å². The average Bonchev–Trinajstić information content (AvgIpc) is 2.37. The molecule has 1 atom stereocenters. The predicted octanol–water partition coefficient (Wildman–Crippen LogP) is 3.88. The standard InChI is InChI=1S/C18H22O2/c1-12-6-8-15(9-7-12)18(4,19)17-14(3)10-13(2)11-16(17)20-5/h6-11,19H,1-5H3. The van der Waals surface area contributed by atoms with Crippen LogP contribution >= 0.6 is 0 Å². The van der Waals surface area contributed by atoms with Crippen LogP contribution in [0.25, 0.3) is 0 Å². The van der Waals surface area contributed by atoms with E-state index >= 15 is 0 Å². The lowest BCUT2D eigenvalue weighted by Crippen LogP contribution is -2.25. The lowest BCUT2D eigenvalue weighted by molar-refractivity contribution is 0.0982. The Balaban J connectivity index is 2.62. The molecular weight excluding hydrogens is 248 g/mol. The molecule has 106 valence electrons. The summed E-state index contributed by atoms with van der Waals surface area (Å²) < 4.78 is 5.48. The van der Waals surface area contributed by atoms with Crippen molar-refractivity contribution in [2.45, 2.75) is 33.3 Å². The molecule has 0 bridgehead atoms. The summed E-state index contributed by atoms with van der Waals surface area (Å²) in [6.07, 6.45) is 0. The average molecular weight is 270 g/mol. The van der Waals surface area contributed by atoms with Crippen LogP contribution in [-0.4, -0.2) is 12.2 Å². The Labute approximate surface area is 121 Å². The molecular formula is C18H22O2. The summed E-state index contributed by atoms with van der Waals surface area (Å²) in [6.45, 7) is 7.89. The van der Waals surface area contributed by atoms with Crippen LogP contribution in [0.1, 0.15) is 34.7 Å². The molecule has 0 spiro atoms. The van der Waals surface area contributed by atoms with E-state index in [0.29, 0.717) is 0 Å². The van der Waals surface area contributed by atoms with Crippen molar-refractivity contribution in [3.05, 3.63) is 64.2 Å². The zero-order chi connectivity index (χ0) is 14.9. The van der Waals surface area contributed by atoms with Crippen LogP contribution in [0.2, 0.25) is 0 Å². The van der Waals surface area contributed by atoms with Gasteiger partial charge >= 0.3 is 0 Å². The molecule has 0 aliphatic heterocycles. The van der Waals surface area contributed by atoms with Crippen LogP contribution < -0.4 is 4.74 Å². The molecule has 0 radical (unpaired) electrons. The van der Waals surface area contributed by atoms with Gasteiger partial charge in [-0.1, -0.05) is 35.9 Å². The van der Waals surface area contributed by atoms with E-state index in [0.717, 1.165) is 28.0 Å². The highest BCUT2D eigenvalue weighted by molar-refractivity contribution is 5.50. The number of rotatable bonds is 3. The molecule has 2 rings (SSSR count). The fraction of sp³-hybridized carbons (Fsp3) is 0.333. The van der Waals surface area contributed by atoms with Crippen molar-refractivity contribution >= 4 is 0 Å². The first-order valence-electron chi connectivity index (χ1n) is 6.81. The van der Waals surface area contributed by atoms with E-state index in [1.807, 2.05) is 58.0 Å². The molecule has 0 saturated carbocycles. The molecule has 0 aromatic heterocycles. The second-order valence-electron chi connectivity index (χ2n) is 5.60. The maximum absolute atomic E-state index is 11.1. The first kappa shape index (κ1) is 14.6. The van der Waals surface area contributed by atoms with Crippen molar-refractivity contribution < 1.29 is 9.84 Å². The summed E-state index contributed by atoms with van der Waals surface area (Å²) in [4.78, 5) is 0. The van der Waals surface area contributed by atoms with Gasteiger partial charge in [-0.2, -0.15) is 0 Å². The van der Waals surface area contributed by atoms with Crippen LogP contribution in [0.3, 0.4) is 0 Å². The third kappa shape index (κ3) is 2.56. The van der Waals surface area contributed by atoms with Gasteiger partial charge in [0.2, 0.25) is 0 Å². The molecule has 0 saturated heterocycles. The van der Waals surface area contributed by atoms with E-state index in [9.17, 15) is 5.11 Å². The van der Waals surface area contributed by atoms with Crippen LogP contribution in [0.5, 0.6) is 5.75 Å². The Morgan fingerprint density at radius 3 is 2.10 bits per heavy atom. The van der Waals surface area contributed by atoms with Gasteiger partial charge in [-0.15, -0.1) is 0 Å². The SMILES string of the molecule is COc1cc(C)cc(C)c1C(C)(O)c1ccc(C)cc1. The van der Waals surface area contributed by atoms with Gasteiger partial charge in [0, 0.05) is 5.56 Å². The number of ether oxygens (including phenoxy) is 1. The zero-order valence-electron chi connectivity index (χ0n) is 12.8. The Hall–Kier alpha value is -1.80. The minimum absolute atomic E-state index is 0.730. The molecule has 1 N–H and O–H groups in total. The monoisotopic (exact) mass is 270 g/mol. The molecule has 2 nitrogen and oxygen atoms in total. The highest BCUT2D eigenvalue weighted by Crippen LogP contribution is 2.38. The smallest absolute Gasteiger partial charge is 0.125 e. The zero-order valence-corrected chi connectivity index (χ0v) is 12.8. The molecule has 2 heteroatoms. The maximum atomic E-state index is 11.1. The number of hydrogen-bond donors (Lipinski definition) is 1. The number of methoxy groups -OCH3 is 1. The molecule has 0 amide bonds. The van der Waals surface area contributed by atoms with E-state index < -0.39 is 5.60 Å². The van der Waals surface area contributed by atoms with Gasteiger partial charge in [-0.25, -0.2) is 0 Å². The second kappa shape index (κ2) is 5.29. The molecule has 0 aliphatic rings. The Kier molecular flexibility index (Phi) is 3.87. The molecule has 20 heavy (non-hydrogen) atoms. The predicted molar refractivity (Wildman–Crippen MR) is 82.3 cm³/mol. The lowest BCUT2D eigenvalue weighted by atomic mass is 9.84. The molecule has 0 fully saturated rings. The van der Waals surface area contributed by atoms with Crippen molar-refractivity contribution in [3.8, 4) is 5.75 Å². The molecule has 1 unspecified atom stereocenters. The van der Waals surface area contributed by atoms with Crippen LogP contribution in [-0.2, 0) is 5.60 Å².